The number of rotatable bonds is 3. The highest BCUT2D eigenvalue weighted by Gasteiger charge is 2.35. The first-order valence-corrected chi connectivity index (χ1v) is 7.03. The van der Waals surface area contributed by atoms with Gasteiger partial charge in [0.1, 0.15) is 6.04 Å². The van der Waals surface area contributed by atoms with Gasteiger partial charge in [0.25, 0.3) is 0 Å². The van der Waals surface area contributed by atoms with Crippen LogP contribution in [0.1, 0.15) is 24.3 Å². The van der Waals surface area contributed by atoms with Crippen molar-refractivity contribution < 1.29 is 9.53 Å². The minimum absolute atomic E-state index is 0.344. The highest BCUT2D eigenvalue weighted by Crippen LogP contribution is 2.37. The summed E-state index contributed by atoms with van der Waals surface area (Å²) in [6, 6.07) is 3.55. The molecule has 1 aliphatic heterocycles. The summed E-state index contributed by atoms with van der Waals surface area (Å²) >= 11 is 1.55. The van der Waals surface area contributed by atoms with E-state index in [1.54, 1.807) is 16.0 Å². The fourth-order valence-corrected chi connectivity index (χ4v) is 3.09. The molecule has 3 rings (SSSR count). The molecule has 0 saturated heterocycles. The molecule has 1 unspecified atom stereocenters. The smallest absolute Gasteiger partial charge is 0.338 e. The van der Waals surface area contributed by atoms with Gasteiger partial charge < -0.3 is 10.1 Å². The molecule has 0 bridgehead atoms. The molecule has 0 aromatic carbocycles. The first-order valence-electron chi connectivity index (χ1n) is 6.16. The van der Waals surface area contributed by atoms with Crippen LogP contribution >= 0.6 is 11.3 Å². The van der Waals surface area contributed by atoms with E-state index in [2.05, 4.69) is 20.8 Å². The number of carbonyl (C=O) groups is 1. The van der Waals surface area contributed by atoms with Crippen molar-refractivity contribution >= 4 is 23.3 Å². The van der Waals surface area contributed by atoms with E-state index in [-0.39, 0.29) is 12.0 Å². The average molecular weight is 291 g/mol. The van der Waals surface area contributed by atoms with E-state index >= 15 is 0 Å². The number of tetrazole rings is 1. The largest absolute Gasteiger partial charge is 0.466 e. The fraction of sp³-hybridized carbons (Fsp3) is 0.333. The second kappa shape index (κ2) is 5.04. The molecule has 0 aliphatic carbocycles. The van der Waals surface area contributed by atoms with Gasteiger partial charge in [-0.25, -0.2) is 4.79 Å². The van der Waals surface area contributed by atoms with Crippen LogP contribution in [0.3, 0.4) is 0 Å². The number of carbonyl (C=O) groups excluding carboxylic acids is 1. The molecule has 2 aromatic heterocycles. The highest BCUT2D eigenvalue weighted by molar-refractivity contribution is 7.10. The summed E-state index contributed by atoms with van der Waals surface area (Å²) < 4.78 is 6.54. The Hall–Kier alpha value is -2.22. The SMILES string of the molecule is CCC1=C(C(=O)OC)C(c2cccs2)n2nnnc2N1. The van der Waals surface area contributed by atoms with Crippen LogP contribution in [0.15, 0.2) is 28.8 Å². The van der Waals surface area contributed by atoms with Gasteiger partial charge in [-0.2, -0.15) is 4.68 Å². The first kappa shape index (κ1) is 12.8. The topological polar surface area (TPSA) is 81.9 Å². The first-order chi connectivity index (χ1) is 9.76. The minimum atomic E-state index is -0.367. The number of methoxy groups -OCH3 is 1. The van der Waals surface area contributed by atoms with Crippen molar-refractivity contribution in [1.82, 2.24) is 20.2 Å². The van der Waals surface area contributed by atoms with Crippen LogP contribution in [0.25, 0.3) is 0 Å². The normalized spacial score (nSPS) is 17.6. The Morgan fingerprint density at radius 3 is 3.10 bits per heavy atom. The Balaban J connectivity index is 2.19. The predicted octanol–water partition coefficient (Wildman–Crippen LogP) is 1.59. The van der Waals surface area contributed by atoms with Crippen LogP contribution in [-0.4, -0.2) is 33.3 Å². The second-order valence-electron chi connectivity index (χ2n) is 4.23. The third kappa shape index (κ3) is 1.88. The van der Waals surface area contributed by atoms with Gasteiger partial charge in [-0.1, -0.05) is 18.1 Å². The summed E-state index contributed by atoms with van der Waals surface area (Å²) in [5, 5.41) is 16.7. The maximum Gasteiger partial charge on any atom is 0.338 e. The number of anilines is 1. The summed E-state index contributed by atoms with van der Waals surface area (Å²) in [7, 11) is 1.38. The van der Waals surface area contributed by atoms with E-state index in [0.29, 0.717) is 17.9 Å². The van der Waals surface area contributed by atoms with Crippen molar-refractivity contribution in [3.8, 4) is 0 Å². The Kier molecular flexibility index (Phi) is 3.23. The van der Waals surface area contributed by atoms with Gasteiger partial charge in [0.2, 0.25) is 5.95 Å². The summed E-state index contributed by atoms with van der Waals surface area (Å²) in [6.07, 6.45) is 0.666. The Morgan fingerprint density at radius 1 is 1.60 bits per heavy atom. The van der Waals surface area contributed by atoms with Gasteiger partial charge >= 0.3 is 5.97 Å². The molecule has 3 heterocycles. The van der Waals surface area contributed by atoms with E-state index in [1.165, 1.54) is 7.11 Å². The molecular weight excluding hydrogens is 278 g/mol. The molecule has 1 N–H and O–H groups in total. The molecule has 7 nitrogen and oxygen atoms in total. The molecule has 0 fully saturated rings. The molecule has 0 spiro atoms. The third-order valence-electron chi connectivity index (χ3n) is 3.17. The van der Waals surface area contributed by atoms with E-state index in [0.717, 1.165) is 10.6 Å². The van der Waals surface area contributed by atoms with Crippen molar-refractivity contribution in [2.24, 2.45) is 0 Å². The van der Waals surface area contributed by atoms with Crippen molar-refractivity contribution in [2.75, 3.05) is 12.4 Å². The van der Waals surface area contributed by atoms with Gasteiger partial charge in [0.15, 0.2) is 0 Å². The molecule has 1 atom stereocenters. The number of thiophene rings is 1. The molecule has 8 heteroatoms. The number of nitrogens with zero attached hydrogens (tertiary/aromatic N) is 4. The number of ether oxygens (including phenoxy) is 1. The fourth-order valence-electron chi connectivity index (χ4n) is 2.27. The summed E-state index contributed by atoms with van der Waals surface area (Å²) in [6.45, 7) is 1.97. The third-order valence-corrected chi connectivity index (χ3v) is 4.09. The lowest BCUT2D eigenvalue weighted by Gasteiger charge is -2.26. The molecule has 0 amide bonds. The van der Waals surface area contributed by atoms with Crippen molar-refractivity contribution in [3.63, 3.8) is 0 Å². The van der Waals surface area contributed by atoms with Gasteiger partial charge in [-0.3, -0.25) is 0 Å². The molecule has 2 aromatic rings. The van der Waals surface area contributed by atoms with Crippen molar-refractivity contribution in [1.29, 1.82) is 0 Å². The standard InChI is InChI=1S/C12H13N5O2S/c1-3-7-9(11(18)19-2)10(8-5-4-6-20-8)17-12(13-7)14-15-16-17/h4-6,10H,3H2,1-2H3,(H,13,14,16). The van der Waals surface area contributed by atoms with Crippen LogP contribution < -0.4 is 5.32 Å². The molecule has 104 valence electrons. The number of hydrogen-bond donors (Lipinski definition) is 1. The van der Waals surface area contributed by atoms with Crippen LogP contribution in [0.4, 0.5) is 5.95 Å². The zero-order valence-corrected chi connectivity index (χ0v) is 11.8. The molecular formula is C12H13N5O2S. The van der Waals surface area contributed by atoms with Gasteiger partial charge in [-0.05, 0) is 28.3 Å². The van der Waals surface area contributed by atoms with Crippen molar-refractivity contribution in [3.05, 3.63) is 33.7 Å². The Morgan fingerprint density at radius 2 is 2.45 bits per heavy atom. The van der Waals surface area contributed by atoms with Crippen LogP contribution in [0.5, 0.6) is 0 Å². The predicted molar refractivity (Wildman–Crippen MR) is 73.2 cm³/mol. The highest BCUT2D eigenvalue weighted by atomic mass is 32.1. The van der Waals surface area contributed by atoms with E-state index < -0.39 is 0 Å². The van der Waals surface area contributed by atoms with Gasteiger partial charge in [0, 0.05) is 10.6 Å². The lowest BCUT2D eigenvalue weighted by Crippen LogP contribution is -2.29. The van der Waals surface area contributed by atoms with E-state index in [4.69, 9.17) is 4.74 Å². The Labute approximate surface area is 119 Å². The number of esters is 1. The van der Waals surface area contributed by atoms with Crippen LogP contribution in [0, 0.1) is 0 Å². The van der Waals surface area contributed by atoms with Crippen LogP contribution in [-0.2, 0) is 9.53 Å². The zero-order chi connectivity index (χ0) is 14.1. The van der Waals surface area contributed by atoms with Gasteiger partial charge in [-0.15, -0.1) is 11.3 Å². The number of aromatic nitrogens is 4. The quantitative estimate of drug-likeness (QED) is 0.865. The molecule has 0 radical (unpaired) electrons. The lowest BCUT2D eigenvalue weighted by atomic mass is 10.00. The number of nitrogens with one attached hydrogen (secondary N) is 1. The molecule has 20 heavy (non-hydrogen) atoms. The maximum atomic E-state index is 12.2. The van der Waals surface area contributed by atoms with Crippen molar-refractivity contribution in [2.45, 2.75) is 19.4 Å². The number of allylic oxidation sites excluding steroid dienone is 1. The second-order valence-corrected chi connectivity index (χ2v) is 5.21. The summed E-state index contributed by atoms with van der Waals surface area (Å²) in [4.78, 5) is 13.2. The summed E-state index contributed by atoms with van der Waals surface area (Å²) in [5.74, 6) is 0.168. The molecule has 0 saturated carbocycles. The number of hydrogen-bond acceptors (Lipinski definition) is 7. The minimum Gasteiger partial charge on any atom is -0.466 e. The molecule has 1 aliphatic rings. The van der Waals surface area contributed by atoms with Gasteiger partial charge in [0.05, 0.1) is 12.7 Å². The van der Waals surface area contributed by atoms with E-state index in [9.17, 15) is 4.79 Å². The Bertz CT molecular complexity index is 661. The zero-order valence-electron chi connectivity index (χ0n) is 11.0. The number of fused-ring (bicyclic) bond motifs is 1. The van der Waals surface area contributed by atoms with E-state index in [1.807, 2.05) is 24.4 Å². The monoisotopic (exact) mass is 291 g/mol. The summed E-state index contributed by atoms with van der Waals surface area (Å²) in [5.41, 5.74) is 1.34. The lowest BCUT2D eigenvalue weighted by molar-refractivity contribution is -0.136. The maximum absolute atomic E-state index is 12.2. The van der Waals surface area contributed by atoms with Crippen LogP contribution in [0.2, 0.25) is 0 Å². The average Bonchev–Trinajstić information content (AvgIpc) is 3.15.